The average molecular weight is 325 g/mol. The monoisotopic (exact) mass is 325 g/mol. The van der Waals surface area contributed by atoms with E-state index >= 15 is 0 Å². The van der Waals surface area contributed by atoms with Crippen LogP contribution in [0.3, 0.4) is 0 Å². The van der Waals surface area contributed by atoms with Crippen molar-refractivity contribution in [2.45, 2.75) is 6.04 Å². The lowest BCUT2D eigenvalue weighted by atomic mass is 10.0. The Morgan fingerprint density at radius 3 is 2.21 bits per heavy atom. The molecule has 1 saturated heterocycles. The van der Waals surface area contributed by atoms with E-state index in [0.717, 1.165) is 37.7 Å². The van der Waals surface area contributed by atoms with E-state index in [9.17, 15) is 4.79 Å². The molecule has 2 heterocycles. The molecule has 1 aliphatic rings. The normalized spacial score (nSPS) is 16.7. The van der Waals surface area contributed by atoms with Gasteiger partial charge in [-0.1, -0.05) is 30.3 Å². The van der Waals surface area contributed by atoms with Gasteiger partial charge in [0.15, 0.2) is 0 Å². The SMILES string of the molecule is CN(C)C(=O)[C@@H](c1ccccc1)N1CCN(c2ncccn2)CC1. The molecule has 1 atom stereocenters. The fourth-order valence-corrected chi connectivity index (χ4v) is 3.02. The predicted octanol–water partition coefficient (Wildman–Crippen LogP) is 1.43. The topological polar surface area (TPSA) is 52.6 Å². The van der Waals surface area contributed by atoms with Crippen LogP contribution in [0.1, 0.15) is 11.6 Å². The molecular weight excluding hydrogens is 302 g/mol. The maximum atomic E-state index is 12.7. The summed E-state index contributed by atoms with van der Waals surface area (Å²) in [5.74, 6) is 0.873. The first-order chi connectivity index (χ1) is 11.7. The summed E-state index contributed by atoms with van der Waals surface area (Å²) in [7, 11) is 3.62. The van der Waals surface area contributed by atoms with Crippen LogP contribution in [0, 0.1) is 0 Å². The highest BCUT2D eigenvalue weighted by molar-refractivity contribution is 5.82. The lowest BCUT2D eigenvalue weighted by Crippen LogP contribution is -2.51. The first-order valence-corrected chi connectivity index (χ1v) is 8.19. The molecule has 0 radical (unpaired) electrons. The number of piperazine rings is 1. The molecule has 1 fully saturated rings. The Kier molecular flexibility index (Phi) is 5.05. The number of hydrogen-bond donors (Lipinski definition) is 0. The van der Waals surface area contributed by atoms with Crippen LogP contribution in [0.5, 0.6) is 0 Å². The van der Waals surface area contributed by atoms with Crippen molar-refractivity contribution < 1.29 is 4.79 Å². The minimum absolute atomic E-state index is 0.116. The molecule has 2 aromatic rings. The Hall–Kier alpha value is -2.47. The molecule has 0 bridgehead atoms. The average Bonchev–Trinajstić information content (AvgIpc) is 2.64. The number of amides is 1. The van der Waals surface area contributed by atoms with Gasteiger partial charge in [0.1, 0.15) is 6.04 Å². The zero-order chi connectivity index (χ0) is 16.9. The maximum absolute atomic E-state index is 12.7. The summed E-state index contributed by atoms with van der Waals surface area (Å²) in [5, 5.41) is 0. The second-order valence-electron chi connectivity index (χ2n) is 6.12. The van der Waals surface area contributed by atoms with Gasteiger partial charge in [-0.05, 0) is 11.6 Å². The van der Waals surface area contributed by atoms with Gasteiger partial charge in [0, 0.05) is 52.7 Å². The summed E-state index contributed by atoms with van der Waals surface area (Å²) in [5.41, 5.74) is 1.04. The second kappa shape index (κ2) is 7.40. The number of aromatic nitrogens is 2. The Bertz CT molecular complexity index is 654. The summed E-state index contributed by atoms with van der Waals surface area (Å²) < 4.78 is 0. The molecule has 1 aromatic heterocycles. The van der Waals surface area contributed by atoms with Gasteiger partial charge in [-0.15, -0.1) is 0 Å². The smallest absolute Gasteiger partial charge is 0.244 e. The quantitative estimate of drug-likeness (QED) is 0.851. The number of rotatable bonds is 4. The van der Waals surface area contributed by atoms with Crippen molar-refractivity contribution in [3.8, 4) is 0 Å². The predicted molar refractivity (Wildman–Crippen MR) is 93.7 cm³/mol. The summed E-state index contributed by atoms with van der Waals surface area (Å²) >= 11 is 0. The van der Waals surface area contributed by atoms with E-state index in [-0.39, 0.29) is 11.9 Å². The number of anilines is 1. The Balaban J connectivity index is 1.75. The zero-order valence-electron chi connectivity index (χ0n) is 14.2. The lowest BCUT2D eigenvalue weighted by Gasteiger charge is -2.39. The summed E-state index contributed by atoms with van der Waals surface area (Å²) in [6, 6.07) is 11.6. The summed E-state index contributed by atoms with van der Waals surface area (Å²) in [6.07, 6.45) is 3.52. The number of carbonyl (C=O) groups is 1. The lowest BCUT2D eigenvalue weighted by molar-refractivity contribution is -0.134. The molecule has 0 saturated carbocycles. The van der Waals surface area contributed by atoms with Crippen molar-refractivity contribution in [2.75, 3.05) is 45.2 Å². The largest absolute Gasteiger partial charge is 0.347 e. The summed E-state index contributed by atoms with van der Waals surface area (Å²) in [6.45, 7) is 3.23. The molecule has 3 rings (SSSR count). The third-order valence-corrected chi connectivity index (χ3v) is 4.30. The van der Waals surface area contributed by atoms with Crippen LogP contribution in [0.25, 0.3) is 0 Å². The van der Waals surface area contributed by atoms with Gasteiger partial charge in [0.2, 0.25) is 11.9 Å². The third-order valence-electron chi connectivity index (χ3n) is 4.30. The molecule has 0 N–H and O–H groups in total. The second-order valence-corrected chi connectivity index (χ2v) is 6.12. The zero-order valence-corrected chi connectivity index (χ0v) is 14.2. The molecule has 0 spiro atoms. The van der Waals surface area contributed by atoms with Gasteiger partial charge in [0.25, 0.3) is 0 Å². The Morgan fingerprint density at radius 2 is 1.62 bits per heavy atom. The number of likely N-dealkylation sites (N-methyl/N-ethyl adjacent to an activating group) is 1. The van der Waals surface area contributed by atoms with Gasteiger partial charge in [-0.2, -0.15) is 0 Å². The van der Waals surface area contributed by atoms with Crippen LogP contribution in [0.15, 0.2) is 48.8 Å². The molecule has 0 unspecified atom stereocenters. The van der Waals surface area contributed by atoms with E-state index in [0.29, 0.717) is 0 Å². The summed E-state index contributed by atoms with van der Waals surface area (Å²) in [4.78, 5) is 27.5. The first-order valence-electron chi connectivity index (χ1n) is 8.19. The van der Waals surface area contributed by atoms with Crippen LogP contribution in [-0.2, 0) is 4.79 Å². The van der Waals surface area contributed by atoms with Gasteiger partial charge in [-0.25, -0.2) is 9.97 Å². The first kappa shape index (κ1) is 16.4. The number of carbonyl (C=O) groups excluding carboxylic acids is 1. The minimum atomic E-state index is -0.236. The van der Waals surface area contributed by atoms with Crippen LogP contribution in [-0.4, -0.2) is 65.9 Å². The fourth-order valence-electron chi connectivity index (χ4n) is 3.02. The van der Waals surface area contributed by atoms with Crippen molar-refractivity contribution in [1.82, 2.24) is 19.8 Å². The van der Waals surface area contributed by atoms with Crippen molar-refractivity contribution in [1.29, 1.82) is 0 Å². The minimum Gasteiger partial charge on any atom is -0.347 e. The van der Waals surface area contributed by atoms with E-state index < -0.39 is 0 Å². The highest BCUT2D eigenvalue weighted by Crippen LogP contribution is 2.24. The van der Waals surface area contributed by atoms with Crippen molar-refractivity contribution in [3.05, 3.63) is 54.4 Å². The van der Waals surface area contributed by atoms with Crippen molar-refractivity contribution in [2.24, 2.45) is 0 Å². The van der Waals surface area contributed by atoms with Crippen LogP contribution < -0.4 is 4.90 Å². The molecule has 6 nitrogen and oxygen atoms in total. The van der Waals surface area contributed by atoms with Gasteiger partial charge >= 0.3 is 0 Å². The molecule has 1 aliphatic heterocycles. The maximum Gasteiger partial charge on any atom is 0.244 e. The standard InChI is InChI=1S/C18H23N5O/c1-21(2)17(24)16(15-7-4-3-5-8-15)22-11-13-23(14-12-22)18-19-9-6-10-20-18/h3-10,16H,11-14H2,1-2H3/t16-/m1/s1. The fraction of sp³-hybridized carbons (Fsp3) is 0.389. The van der Waals surface area contributed by atoms with Gasteiger partial charge < -0.3 is 9.80 Å². The number of benzene rings is 1. The Morgan fingerprint density at radius 1 is 1.00 bits per heavy atom. The van der Waals surface area contributed by atoms with E-state index in [4.69, 9.17) is 0 Å². The molecule has 1 amide bonds. The van der Waals surface area contributed by atoms with Crippen LogP contribution >= 0.6 is 0 Å². The van der Waals surface area contributed by atoms with E-state index in [1.165, 1.54) is 0 Å². The Labute approximate surface area is 142 Å². The molecule has 6 heteroatoms. The highest BCUT2D eigenvalue weighted by Gasteiger charge is 2.31. The molecule has 1 aromatic carbocycles. The van der Waals surface area contributed by atoms with Crippen LogP contribution in [0.4, 0.5) is 5.95 Å². The molecule has 126 valence electrons. The molecular formula is C18H23N5O. The number of hydrogen-bond acceptors (Lipinski definition) is 5. The van der Waals surface area contributed by atoms with E-state index in [1.807, 2.05) is 50.5 Å². The van der Waals surface area contributed by atoms with Crippen molar-refractivity contribution >= 4 is 11.9 Å². The number of nitrogens with zero attached hydrogens (tertiary/aromatic N) is 5. The van der Waals surface area contributed by atoms with Crippen LogP contribution in [0.2, 0.25) is 0 Å². The highest BCUT2D eigenvalue weighted by atomic mass is 16.2. The third kappa shape index (κ3) is 3.54. The van der Waals surface area contributed by atoms with E-state index in [2.05, 4.69) is 19.8 Å². The van der Waals surface area contributed by atoms with Gasteiger partial charge in [0.05, 0.1) is 0 Å². The molecule has 24 heavy (non-hydrogen) atoms. The van der Waals surface area contributed by atoms with E-state index in [1.54, 1.807) is 17.3 Å². The van der Waals surface area contributed by atoms with Gasteiger partial charge in [-0.3, -0.25) is 9.69 Å². The van der Waals surface area contributed by atoms with Crippen molar-refractivity contribution in [3.63, 3.8) is 0 Å². The molecule has 0 aliphatic carbocycles.